The maximum absolute atomic E-state index is 13.0. The highest BCUT2D eigenvalue weighted by Gasteiger charge is 2.22. The van der Waals surface area contributed by atoms with Crippen LogP contribution in [-0.2, 0) is 16.0 Å². The summed E-state index contributed by atoms with van der Waals surface area (Å²) in [6, 6.07) is 4.64. The number of ether oxygens (including phenoxy) is 1. The molecule has 1 aliphatic rings. The van der Waals surface area contributed by atoms with E-state index in [1.165, 1.54) is 6.07 Å². The molecule has 17 heavy (non-hydrogen) atoms. The van der Waals surface area contributed by atoms with Crippen LogP contribution < -0.4 is 0 Å². The zero-order chi connectivity index (χ0) is 12.3. The number of halogens is 2. The van der Waals surface area contributed by atoms with Crippen molar-refractivity contribution in [3.63, 3.8) is 0 Å². The zero-order valence-corrected chi connectivity index (χ0v) is 11.5. The number of carbonyl (C=O) groups is 1. The average molecular weight is 319 g/mol. The second-order valence-electron chi connectivity index (χ2n) is 3.83. The lowest BCUT2D eigenvalue weighted by atomic mass is 10.1. The molecule has 92 valence electrons. The van der Waals surface area contributed by atoms with E-state index in [0.717, 1.165) is 17.1 Å². The van der Waals surface area contributed by atoms with Gasteiger partial charge in [-0.2, -0.15) is 11.8 Å². The Balaban J connectivity index is 1.99. The Kier molecular flexibility index (Phi) is 4.59. The number of hydrogen-bond acceptors (Lipinski definition) is 3. The molecule has 0 amide bonds. The molecule has 1 saturated heterocycles. The predicted molar refractivity (Wildman–Crippen MR) is 69.9 cm³/mol. The Labute approximate surface area is 112 Å². The van der Waals surface area contributed by atoms with E-state index < -0.39 is 0 Å². The Bertz CT molecular complexity index is 419. The normalized spacial score (nSPS) is 20.2. The molecule has 0 radical (unpaired) electrons. The van der Waals surface area contributed by atoms with Gasteiger partial charge in [0.1, 0.15) is 11.9 Å². The molecule has 0 spiro atoms. The van der Waals surface area contributed by atoms with Crippen molar-refractivity contribution in [3.8, 4) is 0 Å². The highest BCUT2D eigenvalue weighted by Crippen LogP contribution is 2.19. The van der Waals surface area contributed by atoms with Crippen LogP contribution in [0.4, 0.5) is 4.39 Å². The van der Waals surface area contributed by atoms with Gasteiger partial charge in [-0.15, -0.1) is 0 Å². The van der Waals surface area contributed by atoms with Crippen molar-refractivity contribution in [2.75, 3.05) is 18.1 Å². The zero-order valence-electron chi connectivity index (χ0n) is 9.12. The van der Waals surface area contributed by atoms with Crippen LogP contribution >= 0.6 is 27.7 Å². The summed E-state index contributed by atoms with van der Waals surface area (Å²) in [6.45, 7) is 0.633. The van der Waals surface area contributed by atoms with Gasteiger partial charge in [-0.1, -0.05) is 6.07 Å². The lowest BCUT2D eigenvalue weighted by Gasteiger charge is -2.21. The second kappa shape index (κ2) is 5.98. The second-order valence-corrected chi connectivity index (χ2v) is 5.83. The molecule has 0 N–H and O–H groups in total. The Morgan fingerprint density at radius 1 is 1.59 bits per heavy atom. The predicted octanol–water partition coefficient (Wildman–Crippen LogP) is 2.83. The van der Waals surface area contributed by atoms with Crippen LogP contribution in [0, 0.1) is 5.82 Å². The number of rotatable bonds is 3. The van der Waals surface area contributed by atoms with Crippen LogP contribution in [0.5, 0.6) is 0 Å². The van der Waals surface area contributed by atoms with Crippen LogP contribution in [0.25, 0.3) is 0 Å². The maximum Gasteiger partial charge on any atom is 0.166 e. The molecule has 0 aliphatic carbocycles. The van der Waals surface area contributed by atoms with Gasteiger partial charge >= 0.3 is 0 Å². The van der Waals surface area contributed by atoms with Crippen LogP contribution in [0.15, 0.2) is 22.7 Å². The number of carbonyl (C=O) groups excluding carboxylic acids is 1. The Hall–Kier alpha value is -0.390. The summed E-state index contributed by atoms with van der Waals surface area (Å²) in [6.07, 6.45) is -0.0121. The third-order valence-corrected chi connectivity index (χ3v) is 4.14. The minimum absolute atomic E-state index is 0.0655. The highest BCUT2D eigenvalue weighted by molar-refractivity contribution is 9.10. The van der Waals surface area contributed by atoms with Crippen LogP contribution in [0.3, 0.4) is 0 Å². The molecule has 0 aromatic heterocycles. The Morgan fingerprint density at radius 3 is 3.06 bits per heavy atom. The summed E-state index contributed by atoms with van der Waals surface area (Å²) in [7, 11) is 0. The molecule has 1 aliphatic heterocycles. The standard InChI is InChI=1S/C12H12BrFO2S/c13-9-5-8(1-2-10(9)14)6-11(15)12-7-17-4-3-16-12/h1-2,5,12H,3-4,6-7H2. The quantitative estimate of drug-likeness (QED) is 0.857. The van der Waals surface area contributed by atoms with Crippen molar-refractivity contribution in [3.05, 3.63) is 34.1 Å². The molecule has 2 nitrogen and oxygen atoms in total. The van der Waals surface area contributed by atoms with E-state index in [-0.39, 0.29) is 17.7 Å². The maximum atomic E-state index is 13.0. The summed E-state index contributed by atoms with van der Waals surface area (Å²) in [5, 5.41) is 0. The van der Waals surface area contributed by atoms with E-state index in [9.17, 15) is 9.18 Å². The number of Topliss-reactive ketones (excluding diaryl/α,β-unsaturated/α-hetero) is 1. The van der Waals surface area contributed by atoms with Gasteiger partial charge in [0.05, 0.1) is 11.1 Å². The third-order valence-electron chi connectivity index (χ3n) is 2.54. The average Bonchev–Trinajstić information content (AvgIpc) is 2.35. The molecule has 1 aromatic carbocycles. The van der Waals surface area contributed by atoms with Crippen molar-refractivity contribution in [2.45, 2.75) is 12.5 Å². The molecule has 5 heteroatoms. The van der Waals surface area contributed by atoms with Crippen molar-refractivity contribution >= 4 is 33.5 Å². The van der Waals surface area contributed by atoms with Crippen molar-refractivity contribution in [2.24, 2.45) is 0 Å². The molecule has 1 unspecified atom stereocenters. The highest BCUT2D eigenvalue weighted by atomic mass is 79.9. The first kappa shape index (κ1) is 13.1. The molecule has 0 bridgehead atoms. The summed E-state index contributed by atoms with van der Waals surface area (Å²) in [5.74, 6) is 1.42. The van der Waals surface area contributed by atoms with Gasteiger partial charge in [-0.05, 0) is 33.6 Å². The Morgan fingerprint density at radius 2 is 2.41 bits per heavy atom. The molecule has 0 saturated carbocycles. The fraction of sp³-hybridized carbons (Fsp3) is 0.417. The van der Waals surface area contributed by atoms with E-state index in [0.29, 0.717) is 17.5 Å². The first-order valence-electron chi connectivity index (χ1n) is 5.33. The summed E-state index contributed by atoms with van der Waals surface area (Å²) in [4.78, 5) is 11.9. The van der Waals surface area contributed by atoms with E-state index in [4.69, 9.17) is 4.74 Å². The van der Waals surface area contributed by atoms with Crippen molar-refractivity contribution < 1.29 is 13.9 Å². The van der Waals surface area contributed by atoms with E-state index in [1.54, 1.807) is 23.9 Å². The summed E-state index contributed by atoms with van der Waals surface area (Å²) >= 11 is 4.84. The number of ketones is 1. The largest absolute Gasteiger partial charge is 0.369 e. The number of hydrogen-bond donors (Lipinski definition) is 0. The molecule has 2 rings (SSSR count). The van der Waals surface area contributed by atoms with Gasteiger partial charge in [-0.25, -0.2) is 4.39 Å². The van der Waals surface area contributed by atoms with Gasteiger partial charge in [0, 0.05) is 17.9 Å². The number of thioether (sulfide) groups is 1. The molecule has 1 aromatic rings. The van der Waals surface area contributed by atoms with Gasteiger partial charge in [0.25, 0.3) is 0 Å². The van der Waals surface area contributed by atoms with Crippen molar-refractivity contribution in [1.29, 1.82) is 0 Å². The SMILES string of the molecule is O=C(Cc1ccc(F)c(Br)c1)C1CSCCO1. The molecular formula is C12H12BrFO2S. The van der Waals surface area contributed by atoms with Gasteiger partial charge in [0.15, 0.2) is 5.78 Å². The smallest absolute Gasteiger partial charge is 0.166 e. The van der Waals surface area contributed by atoms with Gasteiger partial charge in [-0.3, -0.25) is 4.79 Å². The first-order chi connectivity index (χ1) is 8.16. The van der Waals surface area contributed by atoms with Crippen LogP contribution in [-0.4, -0.2) is 30.0 Å². The fourth-order valence-electron chi connectivity index (χ4n) is 1.64. The minimum Gasteiger partial charge on any atom is -0.369 e. The van der Waals surface area contributed by atoms with E-state index in [2.05, 4.69) is 15.9 Å². The molecule has 1 heterocycles. The van der Waals surface area contributed by atoms with E-state index >= 15 is 0 Å². The lowest BCUT2D eigenvalue weighted by Crippen LogP contribution is -2.32. The molecular weight excluding hydrogens is 307 g/mol. The monoisotopic (exact) mass is 318 g/mol. The summed E-state index contributed by atoms with van der Waals surface area (Å²) in [5.41, 5.74) is 0.808. The number of benzene rings is 1. The van der Waals surface area contributed by atoms with Gasteiger partial charge in [0.2, 0.25) is 0 Å². The lowest BCUT2D eigenvalue weighted by molar-refractivity contribution is -0.128. The van der Waals surface area contributed by atoms with Crippen molar-refractivity contribution in [1.82, 2.24) is 0 Å². The van der Waals surface area contributed by atoms with Crippen LogP contribution in [0.2, 0.25) is 0 Å². The third kappa shape index (κ3) is 3.53. The molecule has 1 fully saturated rings. The van der Waals surface area contributed by atoms with Crippen LogP contribution in [0.1, 0.15) is 5.56 Å². The topological polar surface area (TPSA) is 26.3 Å². The van der Waals surface area contributed by atoms with E-state index in [1.807, 2.05) is 0 Å². The first-order valence-corrected chi connectivity index (χ1v) is 7.27. The van der Waals surface area contributed by atoms with Gasteiger partial charge < -0.3 is 4.74 Å². The fourth-order valence-corrected chi connectivity index (χ4v) is 2.94. The minimum atomic E-state index is -0.314. The molecule has 1 atom stereocenters. The summed E-state index contributed by atoms with van der Waals surface area (Å²) < 4.78 is 18.8.